The zero-order valence-corrected chi connectivity index (χ0v) is 63.8. The Hall–Kier alpha value is -6.42. The first-order valence-corrected chi connectivity index (χ1v) is 39.2. The summed E-state index contributed by atoms with van der Waals surface area (Å²) in [6.07, 6.45) is 18.6. The molecule has 572 valence electrons. The second-order valence-electron chi connectivity index (χ2n) is 30.7. The third-order valence-corrected chi connectivity index (χ3v) is 22.3. The molecule has 0 radical (unpaired) electrons. The Labute approximate surface area is 622 Å². The van der Waals surface area contributed by atoms with Crippen LogP contribution in [0, 0.1) is 49.4 Å². The van der Waals surface area contributed by atoms with E-state index < -0.39 is 0 Å². The molecule has 3 N–H and O–H groups in total. The van der Waals surface area contributed by atoms with Gasteiger partial charge in [-0.3, -0.25) is 19.4 Å². The molecule has 105 heavy (non-hydrogen) atoms. The predicted octanol–water partition coefficient (Wildman–Crippen LogP) is 7.57. The number of fused-ring (bicyclic) bond motifs is 2. The number of hydrogen-bond acceptors (Lipinski definition) is 19. The van der Waals surface area contributed by atoms with Gasteiger partial charge in [0.2, 0.25) is 11.8 Å². The van der Waals surface area contributed by atoms with Gasteiger partial charge in [-0.2, -0.15) is 10.2 Å². The normalized spacial score (nSPS) is 21.9. The second-order valence-corrected chi connectivity index (χ2v) is 30.7. The molecule has 4 bridgehead atoms. The molecule has 2 amide bonds. The second kappa shape index (κ2) is 38.1. The van der Waals surface area contributed by atoms with Gasteiger partial charge in [-0.1, -0.05) is 86.7 Å². The van der Waals surface area contributed by atoms with Gasteiger partial charge in [-0.15, -0.1) is 0 Å². The number of carbonyl (C=O) groups is 2. The van der Waals surface area contributed by atoms with Crippen LogP contribution >= 0.6 is 0 Å². The van der Waals surface area contributed by atoms with Crippen LogP contribution in [0.5, 0.6) is 0 Å². The molecule has 6 aromatic rings. The van der Waals surface area contributed by atoms with Crippen LogP contribution < -0.4 is 16.0 Å². The van der Waals surface area contributed by atoms with E-state index in [4.69, 9.17) is 58.1 Å². The number of piperazine rings is 2. The number of carbonyl (C=O) groups excluding carboxylic acids is 2. The highest BCUT2D eigenvalue weighted by Crippen LogP contribution is 2.74. The van der Waals surface area contributed by atoms with Crippen molar-refractivity contribution >= 4 is 35.3 Å². The van der Waals surface area contributed by atoms with E-state index in [9.17, 15) is 9.59 Å². The van der Waals surface area contributed by atoms with E-state index in [0.717, 1.165) is 201 Å². The van der Waals surface area contributed by atoms with Crippen LogP contribution in [0.3, 0.4) is 0 Å². The smallest absolute Gasteiger partial charge is 0.226 e. The summed E-state index contributed by atoms with van der Waals surface area (Å²) in [6.45, 7) is 36.0. The molecule has 2 saturated heterocycles. The van der Waals surface area contributed by atoms with Crippen molar-refractivity contribution in [1.29, 1.82) is 0 Å². The van der Waals surface area contributed by atoms with E-state index in [0.29, 0.717) is 130 Å². The number of rotatable bonds is 48. The van der Waals surface area contributed by atoms with Gasteiger partial charge >= 0.3 is 0 Å². The molecule has 0 atom stereocenters. The summed E-state index contributed by atoms with van der Waals surface area (Å²) in [6, 6.07) is 22.0. The molecule has 6 heterocycles. The van der Waals surface area contributed by atoms with E-state index in [1.807, 2.05) is 9.03 Å². The Morgan fingerprint density at radius 2 is 0.743 bits per heavy atom. The number of nitrogens with zero attached hydrogens (tertiary/aromatic N) is 10. The molecule has 23 nitrogen and oxygen atoms in total. The molecule has 23 heteroatoms. The van der Waals surface area contributed by atoms with E-state index in [1.165, 1.54) is 33.4 Å². The minimum absolute atomic E-state index is 0.162. The van der Waals surface area contributed by atoms with Crippen LogP contribution in [0.15, 0.2) is 72.8 Å². The van der Waals surface area contributed by atoms with Crippen molar-refractivity contribution in [3.63, 3.8) is 0 Å². The highest BCUT2D eigenvalue weighted by Gasteiger charge is 2.72. The van der Waals surface area contributed by atoms with Crippen molar-refractivity contribution in [2.24, 2.45) is 21.7 Å². The van der Waals surface area contributed by atoms with Gasteiger partial charge in [0.15, 0.2) is 11.3 Å². The van der Waals surface area contributed by atoms with Crippen molar-refractivity contribution in [3.05, 3.63) is 140 Å². The molecular formula is C82H119N13O10. The van der Waals surface area contributed by atoms with Gasteiger partial charge in [0, 0.05) is 151 Å². The summed E-state index contributed by atoms with van der Waals surface area (Å²) in [5.74, 6) is 0.391. The summed E-state index contributed by atoms with van der Waals surface area (Å²) in [4.78, 5) is 46.3. The van der Waals surface area contributed by atoms with E-state index in [-0.39, 0.29) is 22.6 Å². The Morgan fingerprint density at radius 1 is 0.429 bits per heavy atom. The number of nitrogens with one attached hydrogen (secondary N) is 3. The summed E-state index contributed by atoms with van der Waals surface area (Å²) in [5, 5.41) is 19.3. The molecule has 2 aliphatic heterocycles. The van der Waals surface area contributed by atoms with Crippen molar-refractivity contribution in [3.8, 4) is 0 Å². The molecule has 0 spiro atoms. The summed E-state index contributed by atoms with van der Waals surface area (Å²) < 4.78 is 49.3. The van der Waals surface area contributed by atoms with Gasteiger partial charge in [-0.05, 0) is 124 Å². The van der Waals surface area contributed by atoms with Crippen LogP contribution in [0.2, 0.25) is 0 Å². The summed E-state index contributed by atoms with van der Waals surface area (Å²) in [7, 11) is 0. The molecule has 6 saturated carbocycles. The van der Waals surface area contributed by atoms with Gasteiger partial charge < -0.3 is 63.6 Å². The zero-order chi connectivity index (χ0) is 72.9. The lowest BCUT2D eigenvalue weighted by atomic mass is 9.34. The Balaban J connectivity index is 0.374. The Morgan fingerprint density at radius 3 is 1.08 bits per heavy atom. The lowest BCUT2D eigenvalue weighted by Crippen LogP contribution is -2.71. The van der Waals surface area contributed by atoms with Crippen molar-refractivity contribution in [2.45, 2.75) is 106 Å². The van der Waals surface area contributed by atoms with Crippen LogP contribution in [0.4, 0.5) is 0 Å². The molecule has 2 aromatic carbocycles. The maximum atomic E-state index is 13.1. The van der Waals surface area contributed by atoms with Crippen LogP contribution in [-0.4, -0.2) is 271 Å². The minimum atomic E-state index is -0.162. The molecule has 8 fully saturated rings. The van der Waals surface area contributed by atoms with Crippen LogP contribution in [0.25, 0.3) is 23.4 Å². The van der Waals surface area contributed by atoms with Crippen molar-refractivity contribution in [1.82, 2.24) is 64.7 Å². The van der Waals surface area contributed by atoms with E-state index >= 15 is 0 Å². The highest BCUT2D eigenvalue weighted by atomic mass is 16.6. The number of benzene rings is 2. The fourth-order valence-corrected chi connectivity index (χ4v) is 17.1. The molecule has 4 aromatic heterocycles. The molecule has 6 aliphatic carbocycles. The number of hydrogen-bond donors (Lipinski definition) is 3. The first-order chi connectivity index (χ1) is 51.2. The largest absolute Gasteiger partial charge is 0.378 e. The van der Waals surface area contributed by atoms with Crippen molar-refractivity contribution < 1.29 is 47.5 Å². The van der Waals surface area contributed by atoms with Gasteiger partial charge in [0.25, 0.3) is 0 Å². The molecule has 8 aliphatic rings. The molecular weight excluding hydrogens is 1330 g/mol. The van der Waals surface area contributed by atoms with Gasteiger partial charge in [0.05, 0.1) is 128 Å². The van der Waals surface area contributed by atoms with Gasteiger partial charge in [-0.25, -0.2) is 19.0 Å². The van der Waals surface area contributed by atoms with Crippen LogP contribution in [-0.2, 0) is 73.2 Å². The first-order valence-electron chi connectivity index (χ1n) is 39.2. The lowest BCUT2D eigenvalue weighted by Gasteiger charge is -2.70. The number of aryl methyl sites for hydroxylation is 6. The van der Waals surface area contributed by atoms with E-state index in [1.54, 1.807) is 0 Å². The molecule has 0 unspecified atom stereocenters. The standard InChI is InChI=1S/C82H119N13O10/c1-7-73-71(75-86-63(3)51-65(5)94(75)88-73)53-69-17-13-67(14-18-69)11-9-25-90-27-31-92(32-28-90)61-79-55-81(56-79,57-79)77(96)84-23-37-100-41-45-104-49-47-102-43-39-98-35-21-83-22-36-99-40-44-103-48-50-105-46-42-101-38-24-85-78(97)82-58-80(59-82,60-82)62-93-33-29-91(30-34-93)26-10-12-68-15-19-70(20-16-68)54-72-74(8-2)89-95-66(6)52-64(4)87-76(72)95/h9-20,51-52,83H,7-8,21-50,53-62H2,1-6H3,(H,84,96)(H,85,97)/b11-9+,12-10+. The number of amides is 2. The third-order valence-electron chi connectivity index (χ3n) is 22.3. The van der Waals surface area contributed by atoms with Gasteiger partial charge in [0.1, 0.15) is 0 Å². The number of ether oxygens (including phenoxy) is 8. The fourth-order valence-electron chi connectivity index (χ4n) is 17.1. The zero-order valence-electron chi connectivity index (χ0n) is 63.8. The first kappa shape index (κ1) is 78.2. The lowest BCUT2D eigenvalue weighted by molar-refractivity contribution is -0.214. The summed E-state index contributed by atoms with van der Waals surface area (Å²) in [5.41, 5.74) is 16.2. The maximum absolute atomic E-state index is 13.1. The van der Waals surface area contributed by atoms with Crippen LogP contribution in [0.1, 0.15) is 120 Å². The quantitative estimate of drug-likeness (QED) is 0.0314. The topological polar surface area (TPSA) is 217 Å². The Kier molecular flexibility index (Phi) is 28.4. The predicted molar refractivity (Wildman–Crippen MR) is 409 cm³/mol. The van der Waals surface area contributed by atoms with Crippen molar-refractivity contribution in [2.75, 3.05) is 210 Å². The average Bonchev–Trinajstić information content (AvgIpc) is 0.821. The SMILES string of the molecule is CCc1nn2c(C)cc(C)nc2c1Cc1ccc(/C=C/CN2CCN(CC34CC(C(=O)NCCOCCOCCOCCOCCNCCOCCOCCOCCOCCNC(=O)C56CC(CN7CCN(C/C=C/c8ccc(Cc9c(CC)nn%10c(C)cc(C)nc9%10)cc8)CC7)(C5)C6)(C3)C4)CC2)cc1. The van der Waals surface area contributed by atoms with E-state index in [2.05, 4.69) is 162 Å². The Bertz CT molecular complexity index is 3520. The number of aromatic nitrogens is 6. The fraction of sp³-hybridized carbons (Fsp3) is 0.634. The average molecular weight is 1450 g/mol. The third kappa shape index (κ3) is 21.1. The molecule has 14 rings (SSSR count). The summed E-state index contributed by atoms with van der Waals surface area (Å²) >= 11 is 0. The minimum Gasteiger partial charge on any atom is -0.378 e. The monoisotopic (exact) mass is 1450 g/mol. The maximum Gasteiger partial charge on any atom is 0.226 e. The highest BCUT2D eigenvalue weighted by molar-refractivity contribution is 5.87.